The van der Waals surface area contributed by atoms with Gasteiger partial charge in [-0.05, 0) is 35.7 Å². The molecule has 0 saturated heterocycles. The van der Waals surface area contributed by atoms with Crippen molar-refractivity contribution in [1.29, 1.82) is 0 Å². The van der Waals surface area contributed by atoms with Crippen LogP contribution in [0.25, 0.3) is 10.2 Å². The molecule has 102 valence electrons. The smallest absolute Gasteiger partial charge is 0.123 e. The van der Waals surface area contributed by atoms with Gasteiger partial charge in [0.05, 0.1) is 15.2 Å². The van der Waals surface area contributed by atoms with Crippen molar-refractivity contribution < 1.29 is 4.39 Å². The van der Waals surface area contributed by atoms with Crippen molar-refractivity contribution in [2.45, 2.75) is 12.3 Å². The molecule has 0 aliphatic rings. The van der Waals surface area contributed by atoms with Gasteiger partial charge in [0.1, 0.15) is 5.82 Å². The molecule has 3 rings (SSSR count). The Morgan fingerprint density at radius 2 is 1.85 bits per heavy atom. The summed E-state index contributed by atoms with van der Waals surface area (Å²) in [7, 11) is 0. The molecule has 1 aromatic heterocycles. The fourth-order valence-electron chi connectivity index (χ4n) is 2.21. The van der Waals surface area contributed by atoms with E-state index in [9.17, 15) is 4.39 Å². The van der Waals surface area contributed by atoms with Crippen LogP contribution in [0, 0.1) is 5.82 Å². The summed E-state index contributed by atoms with van der Waals surface area (Å²) in [6.45, 7) is 0. The highest BCUT2D eigenvalue weighted by atomic mass is 79.9. The van der Waals surface area contributed by atoms with Crippen LogP contribution >= 0.6 is 27.3 Å². The zero-order valence-corrected chi connectivity index (χ0v) is 13.1. The van der Waals surface area contributed by atoms with E-state index in [1.165, 1.54) is 16.8 Å². The summed E-state index contributed by atoms with van der Waals surface area (Å²) < 4.78 is 14.2. The van der Waals surface area contributed by atoms with Gasteiger partial charge >= 0.3 is 0 Å². The van der Waals surface area contributed by atoms with Crippen molar-refractivity contribution in [3.05, 3.63) is 64.9 Å². The molecule has 2 aromatic carbocycles. The van der Waals surface area contributed by atoms with Crippen LogP contribution in [0.2, 0.25) is 0 Å². The van der Waals surface area contributed by atoms with Gasteiger partial charge in [0.25, 0.3) is 0 Å². The Morgan fingerprint density at radius 3 is 2.55 bits per heavy atom. The summed E-state index contributed by atoms with van der Waals surface area (Å²) in [5, 5.41) is 1.97. The largest absolute Gasteiger partial charge is 0.241 e. The van der Waals surface area contributed by atoms with Crippen molar-refractivity contribution in [2.75, 3.05) is 5.33 Å². The molecule has 0 radical (unpaired) electrons. The van der Waals surface area contributed by atoms with Gasteiger partial charge in [0, 0.05) is 11.8 Å². The highest BCUT2D eigenvalue weighted by molar-refractivity contribution is 9.09. The van der Waals surface area contributed by atoms with E-state index in [1.54, 1.807) is 11.3 Å². The van der Waals surface area contributed by atoms with Crippen LogP contribution in [0.4, 0.5) is 4.39 Å². The number of benzene rings is 2. The summed E-state index contributed by atoms with van der Waals surface area (Å²) in [6, 6.07) is 14.9. The molecule has 0 amide bonds. The molecule has 0 bridgehead atoms. The van der Waals surface area contributed by atoms with Crippen LogP contribution in [0.1, 0.15) is 16.5 Å². The molecule has 0 N–H and O–H groups in total. The summed E-state index contributed by atoms with van der Waals surface area (Å²) in [5.41, 5.74) is 2.20. The minimum Gasteiger partial charge on any atom is -0.241 e. The minimum atomic E-state index is -0.193. The fraction of sp³-hybridized carbons (Fsp3) is 0.188. The SMILES string of the molecule is Fc1ccc(C(CBr)Cc2nc3ccccc3s2)cc1. The molecule has 0 fully saturated rings. The first-order chi connectivity index (χ1) is 9.76. The number of halogens is 2. The maximum absolute atomic E-state index is 13.0. The van der Waals surface area contributed by atoms with E-state index in [0.29, 0.717) is 5.92 Å². The van der Waals surface area contributed by atoms with Crippen LogP contribution in [-0.2, 0) is 6.42 Å². The predicted octanol–water partition coefficient (Wildman–Crippen LogP) is 5.16. The van der Waals surface area contributed by atoms with Gasteiger partial charge in [-0.25, -0.2) is 9.37 Å². The number of hydrogen-bond acceptors (Lipinski definition) is 2. The van der Waals surface area contributed by atoms with Gasteiger partial charge in [-0.15, -0.1) is 11.3 Å². The van der Waals surface area contributed by atoms with Gasteiger partial charge in [-0.3, -0.25) is 0 Å². The molecule has 0 aliphatic heterocycles. The van der Waals surface area contributed by atoms with E-state index in [2.05, 4.69) is 27.0 Å². The van der Waals surface area contributed by atoms with Gasteiger partial charge in [-0.1, -0.05) is 40.2 Å². The molecule has 0 spiro atoms. The van der Waals surface area contributed by atoms with Crippen LogP contribution < -0.4 is 0 Å². The first kappa shape index (κ1) is 13.7. The Morgan fingerprint density at radius 1 is 1.10 bits per heavy atom. The Labute approximate surface area is 129 Å². The second kappa shape index (κ2) is 6.02. The average Bonchev–Trinajstić information content (AvgIpc) is 2.88. The number of nitrogens with zero attached hydrogens (tertiary/aromatic N) is 1. The maximum atomic E-state index is 13.0. The second-order valence-electron chi connectivity index (χ2n) is 4.68. The Kier molecular flexibility index (Phi) is 4.13. The minimum absolute atomic E-state index is 0.193. The number of thiazole rings is 1. The normalized spacial score (nSPS) is 12.7. The molecule has 1 heterocycles. The van der Waals surface area contributed by atoms with Crippen LogP contribution in [0.15, 0.2) is 48.5 Å². The molecule has 3 aromatic rings. The molecule has 4 heteroatoms. The van der Waals surface area contributed by atoms with E-state index in [1.807, 2.05) is 30.3 Å². The second-order valence-corrected chi connectivity index (χ2v) is 6.44. The average molecular weight is 350 g/mol. The lowest BCUT2D eigenvalue weighted by atomic mass is 9.98. The van der Waals surface area contributed by atoms with E-state index in [4.69, 9.17) is 0 Å². The van der Waals surface area contributed by atoms with Gasteiger partial charge in [0.15, 0.2) is 0 Å². The molecule has 1 unspecified atom stereocenters. The first-order valence-corrected chi connectivity index (χ1v) is 8.36. The van der Waals surface area contributed by atoms with Crippen LogP contribution in [-0.4, -0.2) is 10.3 Å². The van der Waals surface area contributed by atoms with Gasteiger partial charge in [0.2, 0.25) is 0 Å². The third kappa shape index (κ3) is 2.91. The molecule has 0 saturated carbocycles. The number of aromatic nitrogens is 1. The van der Waals surface area contributed by atoms with Crippen molar-refractivity contribution in [3.63, 3.8) is 0 Å². The highest BCUT2D eigenvalue weighted by Gasteiger charge is 2.14. The number of fused-ring (bicyclic) bond motifs is 1. The zero-order valence-electron chi connectivity index (χ0n) is 10.7. The van der Waals surface area contributed by atoms with E-state index >= 15 is 0 Å². The Bertz CT molecular complexity index is 675. The number of hydrogen-bond donors (Lipinski definition) is 0. The Hall–Kier alpha value is -1.26. The topological polar surface area (TPSA) is 12.9 Å². The number of rotatable bonds is 4. The van der Waals surface area contributed by atoms with Crippen molar-refractivity contribution in [2.24, 2.45) is 0 Å². The van der Waals surface area contributed by atoms with E-state index < -0.39 is 0 Å². The third-order valence-corrected chi connectivity index (χ3v) is 5.13. The van der Waals surface area contributed by atoms with E-state index in [-0.39, 0.29) is 5.82 Å². The van der Waals surface area contributed by atoms with Crippen LogP contribution in [0.5, 0.6) is 0 Å². The molecule has 20 heavy (non-hydrogen) atoms. The Balaban J connectivity index is 1.85. The summed E-state index contributed by atoms with van der Waals surface area (Å²) in [5.74, 6) is 0.123. The third-order valence-electron chi connectivity index (χ3n) is 3.29. The molecule has 0 aliphatic carbocycles. The molecular weight excluding hydrogens is 337 g/mol. The maximum Gasteiger partial charge on any atom is 0.123 e. The monoisotopic (exact) mass is 349 g/mol. The molecule has 1 nitrogen and oxygen atoms in total. The number of para-hydroxylation sites is 1. The molecule has 1 atom stereocenters. The van der Waals surface area contributed by atoms with Crippen molar-refractivity contribution in [1.82, 2.24) is 4.98 Å². The lowest BCUT2D eigenvalue weighted by molar-refractivity contribution is 0.625. The summed E-state index contributed by atoms with van der Waals surface area (Å²) >= 11 is 5.29. The fourth-order valence-corrected chi connectivity index (χ4v) is 3.86. The molecular formula is C16H13BrFNS. The summed E-state index contributed by atoms with van der Waals surface area (Å²) in [6.07, 6.45) is 0.871. The lowest BCUT2D eigenvalue weighted by Gasteiger charge is -2.12. The zero-order chi connectivity index (χ0) is 13.9. The highest BCUT2D eigenvalue weighted by Crippen LogP contribution is 2.28. The van der Waals surface area contributed by atoms with E-state index in [0.717, 1.165) is 27.8 Å². The van der Waals surface area contributed by atoms with Crippen molar-refractivity contribution >= 4 is 37.5 Å². The summed E-state index contributed by atoms with van der Waals surface area (Å²) in [4.78, 5) is 4.67. The van der Waals surface area contributed by atoms with Crippen LogP contribution in [0.3, 0.4) is 0 Å². The lowest BCUT2D eigenvalue weighted by Crippen LogP contribution is -2.04. The first-order valence-electron chi connectivity index (χ1n) is 6.42. The van der Waals surface area contributed by atoms with Gasteiger partial charge < -0.3 is 0 Å². The van der Waals surface area contributed by atoms with Crippen molar-refractivity contribution in [3.8, 4) is 0 Å². The predicted molar refractivity (Wildman–Crippen MR) is 86.3 cm³/mol. The standard InChI is InChI=1S/C16H13BrFNS/c17-10-12(11-5-7-13(18)8-6-11)9-16-19-14-3-1-2-4-15(14)20-16/h1-8,12H,9-10H2. The quantitative estimate of drug-likeness (QED) is 0.593. The van der Waals surface area contributed by atoms with Gasteiger partial charge in [-0.2, -0.15) is 0 Å². The number of alkyl halides is 1.